The number of rotatable bonds is 19. The number of carbonyl (C=O) groups is 6. The van der Waals surface area contributed by atoms with Crippen molar-refractivity contribution in [3.05, 3.63) is 48.5 Å². The lowest BCUT2D eigenvalue weighted by Crippen LogP contribution is -2.37. The number of benzene rings is 2. The first kappa shape index (κ1) is 36.7. The fourth-order valence-corrected chi connectivity index (χ4v) is 3.53. The molecule has 0 radical (unpaired) electrons. The van der Waals surface area contributed by atoms with Gasteiger partial charge in [0.15, 0.2) is 0 Å². The van der Waals surface area contributed by atoms with Crippen LogP contribution >= 0.6 is 0 Å². The maximum Gasteiger partial charge on any atom is 0.328 e. The molecule has 0 fully saturated rings. The van der Waals surface area contributed by atoms with Crippen LogP contribution in [-0.4, -0.2) is 96.1 Å². The second-order valence-electron chi connectivity index (χ2n) is 9.15. The van der Waals surface area contributed by atoms with Crippen molar-refractivity contribution in [2.45, 2.75) is 20.8 Å². The lowest BCUT2D eigenvalue weighted by molar-refractivity contribution is -0.167. The third-order valence-electron chi connectivity index (χ3n) is 5.53. The molecule has 0 saturated heterocycles. The third kappa shape index (κ3) is 14.3. The molecule has 0 unspecified atom stereocenters. The second kappa shape index (κ2) is 19.7. The van der Waals surface area contributed by atoms with Gasteiger partial charge in [0.1, 0.15) is 44.3 Å². The van der Waals surface area contributed by atoms with Crippen LogP contribution in [0.25, 0.3) is 0 Å². The number of ether oxygens (including phenoxy) is 8. The van der Waals surface area contributed by atoms with Crippen LogP contribution in [0.3, 0.4) is 0 Å². The van der Waals surface area contributed by atoms with E-state index in [1.807, 2.05) is 0 Å². The number of hydrogen-bond donors (Lipinski definition) is 0. The highest BCUT2D eigenvalue weighted by molar-refractivity contribution is 5.83. The number of para-hydroxylation sites is 4. The lowest BCUT2D eigenvalue weighted by atomic mass is 10.2. The number of hydrogen-bond acceptors (Lipinski definition) is 16. The van der Waals surface area contributed by atoms with E-state index in [2.05, 4.69) is 14.2 Å². The highest BCUT2D eigenvalue weighted by atomic mass is 16.7. The molecule has 16 heteroatoms. The second-order valence-corrected chi connectivity index (χ2v) is 9.15. The van der Waals surface area contributed by atoms with Crippen LogP contribution in [0.5, 0.6) is 11.5 Å². The van der Waals surface area contributed by atoms with Gasteiger partial charge >= 0.3 is 35.8 Å². The van der Waals surface area contributed by atoms with E-state index in [0.717, 1.165) is 13.8 Å². The van der Waals surface area contributed by atoms with Crippen molar-refractivity contribution in [1.29, 1.82) is 0 Å². The van der Waals surface area contributed by atoms with E-state index in [0.29, 0.717) is 17.1 Å². The zero-order valence-corrected chi connectivity index (χ0v) is 25.9. The Labute approximate surface area is 264 Å². The molecule has 0 atom stereocenters. The summed E-state index contributed by atoms with van der Waals surface area (Å²) in [5, 5.41) is 0. The minimum absolute atomic E-state index is 0.0289. The molecule has 0 N–H and O–H groups in total. The van der Waals surface area contributed by atoms with Gasteiger partial charge in [-0.25, -0.2) is 0 Å². The van der Waals surface area contributed by atoms with Gasteiger partial charge < -0.3 is 47.7 Å². The molecule has 2 rings (SSSR count). The van der Waals surface area contributed by atoms with Crippen molar-refractivity contribution >= 4 is 47.2 Å². The molecule has 0 spiro atoms. The van der Waals surface area contributed by atoms with Gasteiger partial charge in [-0.2, -0.15) is 0 Å². The Kier molecular flexibility index (Phi) is 15.7. The number of esters is 6. The molecule has 0 aliphatic heterocycles. The van der Waals surface area contributed by atoms with E-state index in [1.54, 1.807) is 60.5 Å². The van der Waals surface area contributed by atoms with Gasteiger partial charge in [-0.15, -0.1) is 0 Å². The normalized spacial score (nSPS) is 10.1. The Balaban J connectivity index is 2.06. The van der Waals surface area contributed by atoms with Crippen molar-refractivity contribution in [2.75, 3.05) is 70.1 Å². The van der Waals surface area contributed by atoms with Crippen molar-refractivity contribution in [3.8, 4) is 11.5 Å². The monoisotopic (exact) mass is 648 g/mol. The first-order chi connectivity index (χ1) is 22.0. The molecule has 0 heterocycles. The zero-order chi connectivity index (χ0) is 33.9. The molecule has 0 aliphatic carbocycles. The van der Waals surface area contributed by atoms with Crippen LogP contribution < -0.4 is 19.3 Å². The van der Waals surface area contributed by atoms with E-state index in [9.17, 15) is 28.8 Å². The number of anilines is 2. The smallest absolute Gasteiger partial charge is 0.328 e. The molecular weight excluding hydrogens is 612 g/mol. The van der Waals surface area contributed by atoms with Crippen LogP contribution in [0.4, 0.5) is 11.4 Å². The van der Waals surface area contributed by atoms with Gasteiger partial charge in [-0.3, -0.25) is 28.8 Å². The van der Waals surface area contributed by atoms with Crippen molar-refractivity contribution < 1.29 is 66.7 Å². The summed E-state index contributed by atoms with van der Waals surface area (Å²) in [4.78, 5) is 72.8. The van der Waals surface area contributed by atoms with Crippen LogP contribution in [0.2, 0.25) is 0 Å². The molecule has 2 aromatic carbocycles. The first-order valence-electron chi connectivity index (χ1n) is 13.7. The molecule has 0 bridgehead atoms. The standard InChI is InChI=1S/C30H36N2O14/c1-21(33)41-18-44-28(36)15-31(4)24-9-5-7-11-26(24)39-13-14-40-27-12-8-6-10-25(27)32(16-29(37)45-19-42-22(2)34)17-30(38)46-20-43-23(3)35/h5-12H,13-20H2,1-4H3. The fraction of sp³-hybridized carbons (Fsp3) is 0.400. The Bertz CT molecular complexity index is 1310. The van der Waals surface area contributed by atoms with Gasteiger partial charge in [0.25, 0.3) is 0 Å². The van der Waals surface area contributed by atoms with Gasteiger partial charge in [0, 0.05) is 27.8 Å². The van der Waals surface area contributed by atoms with Crippen LogP contribution in [0.15, 0.2) is 48.5 Å². The summed E-state index contributed by atoms with van der Waals surface area (Å²) < 4.78 is 40.4. The Morgan fingerprint density at radius 1 is 0.522 bits per heavy atom. The van der Waals surface area contributed by atoms with Gasteiger partial charge in [-0.1, -0.05) is 24.3 Å². The fourth-order valence-electron chi connectivity index (χ4n) is 3.53. The van der Waals surface area contributed by atoms with Crippen LogP contribution in [-0.2, 0) is 57.2 Å². The van der Waals surface area contributed by atoms with Gasteiger partial charge in [0.05, 0.1) is 11.4 Å². The maximum atomic E-state index is 12.5. The first-order valence-corrected chi connectivity index (χ1v) is 13.7. The average Bonchev–Trinajstić information content (AvgIpc) is 2.98. The maximum absolute atomic E-state index is 12.5. The predicted octanol–water partition coefficient (Wildman–Crippen LogP) is 1.58. The topological polar surface area (TPSA) is 183 Å². The molecule has 250 valence electrons. The van der Waals surface area contributed by atoms with E-state index in [-0.39, 0.29) is 25.5 Å². The summed E-state index contributed by atoms with van der Waals surface area (Å²) in [7, 11) is 1.66. The number of carbonyl (C=O) groups excluding carboxylic acids is 6. The molecule has 0 amide bonds. The summed E-state index contributed by atoms with van der Waals surface area (Å²) in [6.07, 6.45) is 0. The molecular formula is C30H36N2O14. The minimum atomic E-state index is -0.817. The zero-order valence-electron chi connectivity index (χ0n) is 25.9. The van der Waals surface area contributed by atoms with Gasteiger partial charge in [0.2, 0.25) is 20.4 Å². The molecule has 0 aromatic heterocycles. The molecule has 2 aromatic rings. The molecule has 0 saturated carbocycles. The number of likely N-dealkylation sites (N-methyl/N-ethyl adjacent to an activating group) is 1. The Morgan fingerprint density at radius 2 is 0.891 bits per heavy atom. The third-order valence-corrected chi connectivity index (χ3v) is 5.53. The minimum Gasteiger partial charge on any atom is -0.488 e. The summed E-state index contributed by atoms with van der Waals surface area (Å²) in [5.41, 5.74) is 0.904. The van der Waals surface area contributed by atoms with Crippen molar-refractivity contribution in [1.82, 2.24) is 0 Å². The Hall–Kier alpha value is -5.54. The quantitative estimate of drug-likeness (QED) is 0.0925. The lowest BCUT2D eigenvalue weighted by Gasteiger charge is -2.25. The van der Waals surface area contributed by atoms with E-state index in [4.69, 9.17) is 23.7 Å². The van der Waals surface area contributed by atoms with Gasteiger partial charge in [-0.05, 0) is 24.3 Å². The van der Waals surface area contributed by atoms with Crippen molar-refractivity contribution in [3.63, 3.8) is 0 Å². The van der Waals surface area contributed by atoms with Crippen LogP contribution in [0.1, 0.15) is 20.8 Å². The molecule has 16 nitrogen and oxygen atoms in total. The summed E-state index contributed by atoms with van der Waals surface area (Å²) in [6.45, 7) is 0.833. The molecule has 46 heavy (non-hydrogen) atoms. The highest BCUT2D eigenvalue weighted by Gasteiger charge is 2.21. The average molecular weight is 649 g/mol. The largest absolute Gasteiger partial charge is 0.488 e. The summed E-state index contributed by atoms with van der Waals surface area (Å²) >= 11 is 0. The Morgan fingerprint density at radius 3 is 1.33 bits per heavy atom. The van der Waals surface area contributed by atoms with E-state index < -0.39 is 69.3 Å². The predicted molar refractivity (Wildman–Crippen MR) is 158 cm³/mol. The molecule has 0 aliphatic rings. The van der Waals surface area contributed by atoms with E-state index in [1.165, 1.54) is 11.8 Å². The van der Waals surface area contributed by atoms with Crippen molar-refractivity contribution in [2.24, 2.45) is 0 Å². The summed E-state index contributed by atoms with van der Waals surface area (Å²) in [6, 6.07) is 13.5. The van der Waals surface area contributed by atoms with E-state index >= 15 is 0 Å². The highest BCUT2D eigenvalue weighted by Crippen LogP contribution is 2.29. The SMILES string of the molecule is CC(=O)OCOC(=O)CN(C)c1ccccc1OCCOc1ccccc1N(CC(=O)OCOC(C)=O)CC(=O)OCOC(C)=O. The number of nitrogens with zero attached hydrogens (tertiary/aromatic N) is 2. The summed E-state index contributed by atoms with van der Waals surface area (Å²) in [5.74, 6) is -3.38. The van der Waals surface area contributed by atoms with Crippen LogP contribution in [0, 0.1) is 0 Å².